The number of hydrogen-bond donors (Lipinski definition) is 0. The fourth-order valence-corrected chi connectivity index (χ4v) is 6.23. The number of esters is 1. The summed E-state index contributed by atoms with van der Waals surface area (Å²) < 4.78 is 24.6. The van der Waals surface area contributed by atoms with E-state index in [0.29, 0.717) is 42.9 Å². The molecular weight excluding hydrogens is 548 g/mol. The monoisotopic (exact) mass is 576 g/mol. The van der Waals surface area contributed by atoms with Crippen molar-refractivity contribution in [2.45, 2.75) is 42.9 Å². The lowest BCUT2D eigenvalue weighted by atomic mass is 9.94. The molecule has 2 aromatic carbocycles. The molecule has 0 saturated carbocycles. The Hall–Kier alpha value is -4.02. The van der Waals surface area contributed by atoms with E-state index < -0.39 is 12.0 Å². The fourth-order valence-electron chi connectivity index (χ4n) is 4.41. The highest BCUT2D eigenvalue weighted by atomic mass is 32.2. The van der Waals surface area contributed by atoms with Gasteiger partial charge in [-0.25, -0.2) is 9.79 Å². The van der Waals surface area contributed by atoms with Crippen LogP contribution in [0.4, 0.5) is 0 Å². The standard InChI is InChI=1S/C30H28N2O6S2/c1-17(2)37-29(34)26-18(3)31-30-32(27(26)22-15-19(35-4)11-13-23(22)36-5)28(33)24(40-30)16-20-12-14-25(38-20)39-21-9-7-6-8-10-21/h6-17,27H,1-5H3/b24-16+/t27-/m1/s1. The first-order chi connectivity index (χ1) is 19.3. The van der Waals surface area contributed by atoms with Crippen LogP contribution in [0.25, 0.3) is 6.08 Å². The van der Waals surface area contributed by atoms with Crippen molar-refractivity contribution in [1.82, 2.24) is 4.57 Å². The summed E-state index contributed by atoms with van der Waals surface area (Å²) in [7, 11) is 3.10. The first kappa shape index (κ1) is 27.5. The Kier molecular flexibility index (Phi) is 7.99. The molecule has 0 bridgehead atoms. The van der Waals surface area contributed by atoms with Crippen molar-refractivity contribution in [3.8, 4) is 11.5 Å². The second-order valence-electron chi connectivity index (χ2n) is 9.22. The van der Waals surface area contributed by atoms with Gasteiger partial charge in [-0.15, -0.1) is 0 Å². The summed E-state index contributed by atoms with van der Waals surface area (Å²) >= 11 is 2.72. The maximum absolute atomic E-state index is 13.9. The van der Waals surface area contributed by atoms with Crippen LogP contribution in [0.15, 0.2) is 96.1 Å². The molecule has 2 aromatic heterocycles. The van der Waals surface area contributed by atoms with E-state index >= 15 is 0 Å². The Morgan fingerprint density at radius 3 is 2.58 bits per heavy atom. The van der Waals surface area contributed by atoms with Crippen LogP contribution in [0.5, 0.6) is 11.5 Å². The van der Waals surface area contributed by atoms with E-state index in [9.17, 15) is 9.59 Å². The zero-order chi connectivity index (χ0) is 28.4. The number of benzene rings is 2. The van der Waals surface area contributed by atoms with Crippen molar-refractivity contribution in [3.63, 3.8) is 0 Å². The molecule has 0 saturated heterocycles. The van der Waals surface area contributed by atoms with Crippen LogP contribution in [-0.4, -0.2) is 30.9 Å². The quantitative estimate of drug-likeness (QED) is 0.274. The molecule has 40 heavy (non-hydrogen) atoms. The molecule has 0 aliphatic carbocycles. The molecule has 4 aromatic rings. The van der Waals surface area contributed by atoms with Gasteiger partial charge >= 0.3 is 5.97 Å². The topological polar surface area (TPSA) is 92.3 Å². The number of rotatable bonds is 8. The Morgan fingerprint density at radius 1 is 1.10 bits per heavy atom. The molecule has 0 unspecified atom stereocenters. The Labute approximate surface area is 239 Å². The molecular formula is C30H28N2O6S2. The molecule has 0 N–H and O–H groups in total. The molecule has 0 radical (unpaired) electrons. The second kappa shape index (κ2) is 11.6. The summed E-state index contributed by atoms with van der Waals surface area (Å²) in [5.41, 5.74) is 1.00. The first-order valence-electron chi connectivity index (χ1n) is 12.6. The smallest absolute Gasteiger partial charge is 0.338 e. The third-order valence-corrected chi connectivity index (χ3v) is 8.06. The number of methoxy groups -OCH3 is 2. The van der Waals surface area contributed by atoms with Crippen molar-refractivity contribution < 1.29 is 23.4 Å². The van der Waals surface area contributed by atoms with Gasteiger partial charge in [-0.3, -0.25) is 9.36 Å². The van der Waals surface area contributed by atoms with Crippen molar-refractivity contribution in [1.29, 1.82) is 0 Å². The van der Waals surface area contributed by atoms with Crippen molar-refractivity contribution >= 4 is 35.1 Å². The second-order valence-corrected chi connectivity index (χ2v) is 11.3. The Bertz CT molecular complexity index is 1770. The summed E-state index contributed by atoms with van der Waals surface area (Å²) in [6.07, 6.45) is 1.34. The summed E-state index contributed by atoms with van der Waals surface area (Å²) in [5, 5.41) is 0.707. The van der Waals surface area contributed by atoms with Crippen molar-refractivity contribution in [3.05, 3.63) is 103 Å². The summed E-state index contributed by atoms with van der Waals surface area (Å²) in [6, 6.07) is 18.0. The highest BCUT2D eigenvalue weighted by Crippen LogP contribution is 2.38. The van der Waals surface area contributed by atoms with Gasteiger partial charge in [0.1, 0.15) is 23.3 Å². The minimum atomic E-state index is -0.838. The van der Waals surface area contributed by atoms with E-state index in [-0.39, 0.29) is 17.2 Å². The molecule has 0 fully saturated rings. The van der Waals surface area contributed by atoms with Gasteiger partial charge in [-0.2, -0.15) is 0 Å². The molecule has 3 heterocycles. The van der Waals surface area contributed by atoms with Gasteiger partial charge in [0, 0.05) is 16.5 Å². The lowest BCUT2D eigenvalue weighted by Gasteiger charge is -2.26. The van der Waals surface area contributed by atoms with Crippen LogP contribution in [0.1, 0.15) is 38.1 Å². The van der Waals surface area contributed by atoms with E-state index in [1.54, 1.807) is 59.3 Å². The average Bonchev–Trinajstić information content (AvgIpc) is 3.50. The summed E-state index contributed by atoms with van der Waals surface area (Å²) in [4.78, 5) is 33.5. The minimum absolute atomic E-state index is 0.263. The number of furan rings is 1. The molecule has 0 spiro atoms. The Balaban J connectivity index is 1.64. The number of fused-ring (bicyclic) bond motifs is 1. The van der Waals surface area contributed by atoms with Gasteiger partial charge in [-0.05, 0) is 63.2 Å². The Morgan fingerprint density at radius 2 is 1.88 bits per heavy atom. The molecule has 1 aliphatic rings. The SMILES string of the molecule is COc1ccc(OC)c([C@@H]2C(C(=O)OC(C)C)=C(C)N=c3s/c(=C/c4ccc(Sc5ccccc5)o4)c(=O)n32)c1. The highest BCUT2D eigenvalue weighted by molar-refractivity contribution is 7.99. The lowest BCUT2D eigenvalue weighted by Crippen LogP contribution is -2.40. The first-order valence-corrected chi connectivity index (χ1v) is 14.2. The maximum Gasteiger partial charge on any atom is 0.338 e. The van der Waals surface area contributed by atoms with Gasteiger partial charge in [0.15, 0.2) is 9.89 Å². The molecule has 1 aliphatic heterocycles. The number of thiazole rings is 1. The number of aromatic nitrogens is 1. The molecule has 8 nitrogen and oxygen atoms in total. The molecule has 5 rings (SSSR count). The van der Waals surface area contributed by atoms with Crippen LogP contribution < -0.4 is 24.4 Å². The largest absolute Gasteiger partial charge is 0.497 e. The summed E-state index contributed by atoms with van der Waals surface area (Å²) in [5.74, 6) is 1.05. The lowest BCUT2D eigenvalue weighted by molar-refractivity contribution is -0.143. The molecule has 0 amide bonds. The van der Waals surface area contributed by atoms with Crippen molar-refractivity contribution in [2.24, 2.45) is 4.99 Å². The number of nitrogens with zero attached hydrogens (tertiary/aromatic N) is 2. The highest BCUT2D eigenvalue weighted by Gasteiger charge is 2.35. The van der Waals surface area contributed by atoms with Gasteiger partial charge in [0.25, 0.3) is 5.56 Å². The van der Waals surface area contributed by atoms with Gasteiger partial charge in [0.2, 0.25) is 0 Å². The number of carbonyl (C=O) groups excluding carboxylic acids is 1. The van der Waals surface area contributed by atoms with E-state index in [1.807, 2.05) is 42.5 Å². The van der Waals surface area contributed by atoms with Gasteiger partial charge in [-0.1, -0.05) is 41.3 Å². The van der Waals surface area contributed by atoms with Crippen LogP contribution in [0.2, 0.25) is 0 Å². The molecule has 10 heteroatoms. The van der Waals surface area contributed by atoms with Crippen LogP contribution in [0.3, 0.4) is 0 Å². The zero-order valence-corrected chi connectivity index (χ0v) is 24.3. The summed E-state index contributed by atoms with van der Waals surface area (Å²) in [6.45, 7) is 5.29. The maximum atomic E-state index is 13.9. The van der Waals surface area contributed by atoms with Crippen molar-refractivity contribution in [2.75, 3.05) is 14.2 Å². The van der Waals surface area contributed by atoms with E-state index in [1.165, 1.54) is 27.7 Å². The van der Waals surface area contributed by atoms with E-state index in [4.69, 9.17) is 18.6 Å². The van der Waals surface area contributed by atoms with E-state index in [2.05, 4.69) is 4.99 Å². The number of allylic oxidation sites excluding steroid dienone is 1. The number of ether oxygens (including phenoxy) is 3. The van der Waals surface area contributed by atoms with Crippen LogP contribution >= 0.6 is 23.1 Å². The van der Waals surface area contributed by atoms with Gasteiger partial charge < -0.3 is 18.6 Å². The molecule has 1 atom stereocenters. The predicted molar refractivity (Wildman–Crippen MR) is 154 cm³/mol. The third kappa shape index (κ3) is 5.50. The van der Waals surface area contributed by atoms with E-state index in [0.717, 1.165) is 4.90 Å². The average molecular weight is 577 g/mol. The zero-order valence-electron chi connectivity index (χ0n) is 22.7. The third-order valence-electron chi connectivity index (χ3n) is 6.15. The van der Waals surface area contributed by atoms with Crippen LogP contribution in [0, 0.1) is 0 Å². The number of carbonyl (C=O) groups is 1. The minimum Gasteiger partial charge on any atom is -0.497 e. The fraction of sp³-hybridized carbons (Fsp3) is 0.233. The normalized spacial score (nSPS) is 15.2. The van der Waals surface area contributed by atoms with Gasteiger partial charge in [0.05, 0.1) is 36.1 Å². The number of hydrogen-bond acceptors (Lipinski definition) is 9. The predicted octanol–water partition coefficient (Wildman–Crippen LogP) is 4.95. The molecule has 206 valence electrons. The van der Waals surface area contributed by atoms with Crippen LogP contribution in [-0.2, 0) is 9.53 Å².